The van der Waals surface area contributed by atoms with Crippen molar-refractivity contribution in [2.75, 3.05) is 7.11 Å². The zero-order chi connectivity index (χ0) is 18.0. The van der Waals surface area contributed by atoms with Gasteiger partial charge in [0.1, 0.15) is 17.3 Å². The Kier molecular flexibility index (Phi) is 4.65. The number of nitrogens with zero attached hydrogens (tertiary/aromatic N) is 3. The number of rotatable bonds is 5. The minimum Gasteiger partial charge on any atom is -0.508 e. The van der Waals surface area contributed by atoms with Crippen molar-refractivity contribution in [3.8, 4) is 28.7 Å². The lowest BCUT2D eigenvalue weighted by molar-refractivity contribution is 0.146. The van der Waals surface area contributed by atoms with Gasteiger partial charge in [-0.25, -0.2) is 18.7 Å². The molecule has 7 heteroatoms. The van der Waals surface area contributed by atoms with Crippen molar-refractivity contribution in [2.45, 2.75) is 19.8 Å². The number of methoxy groups -OCH3 is 1. The van der Waals surface area contributed by atoms with Crippen molar-refractivity contribution in [3.63, 3.8) is 0 Å². The maximum atomic E-state index is 13.2. The summed E-state index contributed by atoms with van der Waals surface area (Å²) in [5.41, 5.74) is 1.62. The molecule has 0 bridgehead atoms. The zero-order valence-electron chi connectivity index (χ0n) is 13.8. The van der Waals surface area contributed by atoms with Crippen LogP contribution >= 0.6 is 0 Å². The Hall–Kier alpha value is -2.96. The number of aromatic nitrogens is 3. The van der Waals surface area contributed by atoms with Gasteiger partial charge in [-0.2, -0.15) is 0 Å². The van der Waals surface area contributed by atoms with Crippen LogP contribution in [-0.2, 0) is 6.42 Å². The summed E-state index contributed by atoms with van der Waals surface area (Å²) in [5, 5.41) is 9.85. The van der Waals surface area contributed by atoms with Crippen LogP contribution in [-0.4, -0.2) is 26.8 Å². The van der Waals surface area contributed by atoms with Crippen LogP contribution in [0.25, 0.3) is 17.1 Å². The van der Waals surface area contributed by atoms with Gasteiger partial charge in [0.05, 0.1) is 7.11 Å². The number of hydrogen-bond acceptors (Lipinski definition) is 4. The predicted molar refractivity (Wildman–Crippen MR) is 89.3 cm³/mol. The summed E-state index contributed by atoms with van der Waals surface area (Å²) in [4.78, 5) is 8.17. The van der Waals surface area contributed by atoms with Gasteiger partial charge in [-0.05, 0) is 36.2 Å². The topological polar surface area (TPSA) is 60.2 Å². The average Bonchev–Trinajstić information content (AvgIpc) is 3.08. The highest BCUT2D eigenvalue weighted by Gasteiger charge is 2.18. The normalized spacial score (nSPS) is 11.1. The number of phenolic OH excluding ortho intramolecular Hbond substituents is 1. The summed E-state index contributed by atoms with van der Waals surface area (Å²) in [6.45, 7) is 1.91. The van der Waals surface area contributed by atoms with Gasteiger partial charge in [0.2, 0.25) is 5.88 Å². The highest BCUT2D eigenvalue weighted by Crippen LogP contribution is 2.29. The third kappa shape index (κ3) is 3.31. The Morgan fingerprint density at radius 2 is 2.04 bits per heavy atom. The molecule has 0 unspecified atom stereocenters. The summed E-state index contributed by atoms with van der Waals surface area (Å²) < 4.78 is 32.9. The van der Waals surface area contributed by atoms with E-state index in [1.54, 1.807) is 34.9 Å². The molecule has 5 nitrogen and oxygen atoms in total. The van der Waals surface area contributed by atoms with Gasteiger partial charge in [-0.15, -0.1) is 0 Å². The maximum Gasteiger partial charge on any atom is 0.281 e. The quantitative estimate of drug-likeness (QED) is 0.755. The molecule has 0 atom stereocenters. The van der Waals surface area contributed by atoms with Crippen molar-refractivity contribution in [2.24, 2.45) is 0 Å². The molecule has 2 heterocycles. The van der Waals surface area contributed by atoms with Crippen LogP contribution in [0, 0.1) is 0 Å². The Labute approximate surface area is 143 Å². The smallest absolute Gasteiger partial charge is 0.281 e. The fraction of sp³-hybridized carbons (Fsp3) is 0.222. The Morgan fingerprint density at radius 3 is 2.64 bits per heavy atom. The molecule has 2 aromatic heterocycles. The van der Waals surface area contributed by atoms with Crippen LogP contribution in [0.15, 0.2) is 42.7 Å². The number of pyridine rings is 1. The standard InChI is InChI=1S/C18H17F2N3O2/c1-3-11-8-13(5-6-15(11)24)23-10-14(17(19)20)22-18(23)12-4-7-16(25-2)21-9-12/h4-10,17,24H,3H2,1-2H3. The molecule has 0 spiro atoms. The molecule has 1 aromatic carbocycles. The van der Waals surface area contributed by atoms with E-state index in [2.05, 4.69) is 9.97 Å². The predicted octanol–water partition coefficient (Wildman–Crippen LogP) is 4.15. The van der Waals surface area contributed by atoms with Crippen molar-refractivity contribution >= 4 is 0 Å². The van der Waals surface area contributed by atoms with E-state index in [-0.39, 0.29) is 11.4 Å². The molecule has 0 saturated heterocycles. The van der Waals surface area contributed by atoms with Crippen LogP contribution in [0.1, 0.15) is 24.6 Å². The molecule has 0 aliphatic carbocycles. The van der Waals surface area contributed by atoms with Gasteiger partial charge in [0.15, 0.2) is 0 Å². The van der Waals surface area contributed by atoms with Crippen molar-refractivity contribution in [1.82, 2.24) is 14.5 Å². The fourth-order valence-electron chi connectivity index (χ4n) is 2.54. The van der Waals surface area contributed by atoms with Crippen molar-refractivity contribution < 1.29 is 18.6 Å². The molecular formula is C18H17F2N3O2. The molecule has 3 aromatic rings. The first-order valence-electron chi connectivity index (χ1n) is 7.73. The summed E-state index contributed by atoms with van der Waals surface area (Å²) in [5.74, 6) is 0.945. The van der Waals surface area contributed by atoms with Gasteiger partial charge >= 0.3 is 0 Å². The molecule has 0 fully saturated rings. The molecule has 0 saturated carbocycles. The number of aryl methyl sites for hydroxylation is 1. The first-order valence-corrected chi connectivity index (χ1v) is 7.73. The van der Waals surface area contributed by atoms with E-state index in [1.165, 1.54) is 19.5 Å². The number of halogens is 2. The lowest BCUT2D eigenvalue weighted by Crippen LogP contribution is -1.98. The van der Waals surface area contributed by atoms with Crippen LogP contribution in [0.5, 0.6) is 11.6 Å². The number of ether oxygens (including phenoxy) is 1. The van der Waals surface area contributed by atoms with E-state index in [0.717, 1.165) is 5.56 Å². The largest absolute Gasteiger partial charge is 0.508 e. The first-order chi connectivity index (χ1) is 12.0. The number of aromatic hydroxyl groups is 1. The summed E-state index contributed by atoms with van der Waals surface area (Å²) in [6.07, 6.45) is 0.758. The number of imidazole rings is 1. The lowest BCUT2D eigenvalue weighted by Gasteiger charge is -2.10. The Balaban J connectivity index is 2.14. The summed E-state index contributed by atoms with van der Waals surface area (Å²) in [6, 6.07) is 8.32. The number of phenols is 1. The molecule has 0 amide bonds. The SMILES string of the molecule is CCc1cc(-n2cc(C(F)F)nc2-c2ccc(OC)nc2)ccc1O. The third-order valence-electron chi connectivity index (χ3n) is 3.87. The first kappa shape index (κ1) is 16.9. The monoisotopic (exact) mass is 345 g/mol. The maximum absolute atomic E-state index is 13.2. The Morgan fingerprint density at radius 1 is 1.24 bits per heavy atom. The van der Waals surface area contributed by atoms with E-state index in [1.807, 2.05) is 6.92 Å². The van der Waals surface area contributed by atoms with E-state index >= 15 is 0 Å². The average molecular weight is 345 g/mol. The number of benzene rings is 1. The van der Waals surface area contributed by atoms with Gasteiger partial charge in [-0.3, -0.25) is 4.57 Å². The van der Waals surface area contributed by atoms with Crippen molar-refractivity contribution in [1.29, 1.82) is 0 Å². The second-order valence-corrected chi connectivity index (χ2v) is 5.42. The molecule has 0 radical (unpaired) electrons. The second kappa shape index (κ2) is 6.88. The van der Waals surface area contributed by atoms with Crippen LogP contribution in [0.4, 0.5) is 8.78 Å². The van der Waals surface area contributed by atoms with Gasteiger partial charge in [0.25, 0.3) is 6.43 Å². The summed E-state index contributed by atoms with van der Waals surface area (Å²) in [7, 11) is 1.50. The molecule has 130 valence electrons. The van der Waals surface area contributed by atoms with Crippen LogP contribution in [0.2, 0.25) is 0 Å². The molecule has 1 N–H and O–H groups in total. The number of alkyl halides is 2. The minimum atomic E-state index is -2.69. The zero-order valence-corrected chi connectivity index (χ0v) is 13.8. The number of hydrogen-bond donors (Lipinski definition) is 1. The summed E-state index contributed by atoms with van der Waals surface area (Å²) >= 11 is 0. The molecule has 25 heavy (non-hydrogen) atoms. The van der Waals surface area contributed by atoms with Crippen molar-refractivity contribution in [3.05, 3.63) is 54.0 Å². The van der Waals surface area contributed by atoms with E-state index < -0.39 is 6.43 Å². The third-order valence-corrected chi connectivity index (χ3v) is 3.87. The van der Waals surface area contributed by atoms with Crippen LogP contribution < -0.4 is 4.74 Å². The van der Waals surface area contributed by atoms with Gasteiger partial charge < -0.3 is 9.84 Å². The molecular weight excluding hydrogens is 328 g/mol. The minimum absolute atomic E-state index is 0.174. The highest BCUT2D eigenvalue weighted by molar-refractivity contribution is 5.59. The van der Waals surface area contributed by atoms with E-state index in [0.29, 0.717) is 29.4 Å². The molecule has 3 rings (SSSR count). The molecule has 0 aliphatic heterocycles. The van der Waals surface area contributed by atoms with E-state index in [9.17, 15) is 13.9 Å². The van der Waals surface area contributed by atoms with E-state index in [4.69, 9.17) is 4.74 Å². The lowest BCUT2D eigenvalue weighted by atomic mass is 10.1. The van der Waals surface area contributed by atoms with Crippen LogP contribution in [0.3, 0.4) is 0 Å². The Bertz CT molecular complexity index is 877. The fourth-order valence-corrected chi connectivity index (χ4v) is 2.54. The molecule has 0 aliphatic rings. The van der Waals surface area contributed by atoms with Gasteiger partial charge in [-0.1, -0.05) is 6.92 Å². The highest BCUT2D eigenvalue weighted by atomic mass is 19.3. The van der Waals surface area contributed by atoms with Gasteiger partial charge in [0, 0.05) is 29.7 Å². The second-order valence-electron chi connectivity index (χ2n) is 5.42.